The number of guanidine groups is 1. The molecule has 7 heteroatoms. The first-order valence-corrected chi connectivity index (χ1v) is 7.80. The third-order valence-electron chi connectivity index (χ3n) is 3.45. The second-order valence-electron chi connectivity index (χ2n) is 5.09. The maximum Gasteiger partial charge on any atom is 0.191 e. The average Bonchev–Trinajstić information content (AvgIpc) is 2.91. The van der Waals surface area contributed by atoms with Gasteiger partial charge in [0.1, 0.15) is 17.3 Å². The molecule has 0 amide bonds. The predicted octanol–water partition coefficient (Wildman–Crippen LogP) is 2.62. The largest absolute Gasteiger partial charge is 0.365 e. The fourth-order valence-corrected chi connectivity index (χ4v) is 2.58. The van der Waals surface area contributed by atoms with Crippen LogP contribution in [-0.4, -0.2) is 38.7 Å². The van der Waals surface area contributed by atoms with Crippen molar-refractivity contribution in [2.24, 2.45) is 4.99 Å². The summed E-state index contributed by atoms with van der Waals surface area (Å²) in [4.78, 5) is 5.84. The first-order chi connectivity index (χ1) is 10.5. The van der Waals surface area contributed by atoms with Gasteiger partial charge >= 0.3 is 0 Å². The van der Waals surface area contributed by atoms with E-state index in [0.29, 0.717) is 25.6 Å². The van der Waals surface area contributed by atoms with Gasteiger partial charge in [-0.3, -0.25) is 4.99 Å². The van der Waals surface area contributed by atoms with Crippen LogP contribution in [0, 0.1) is 11.6 Å². The zero-order valence-electron chi connectivity index (χ0n) is 12.4. The molecule has 2 rings (SSSR count). The number of nitrogens with one attached hydrogen (secondary N) is 2. The number of anilines is 1. The summed E-state index contributed by atoms with van der Waals surface area (Å²) in [5, 5.41) is 6.35. The van der Waals surface area contributed by atoms with Crippen LogP contribution in [0.3, 0.4) is 0 Å². The molecule has 1 atom stereocenters. The molecular weight excluding hydrogens is 354 g/mol. The number of benzene rings is 1. The highest BCUT2D eigenvalue weighted by atomic mass is 79.9. The molecular formula is C15H19BrF2N4. The van der Waals surface area contributed by atoms with Crippen LogP contribution in [0.15, 0.2) is 34.3 Å². The lowest BCUT2D eigenvalue weighted by Crippen LogP contribution is -2.45. The number of halogens is 3. The molecule has 1 aromatic carbocycles. The van der Waals surface area contributed by atoms with Gasteiger partial charge in [-0.1, -0.05) is 28.6 Å². The maximum atomic E-state index is 13.8. The summed E-state index contributed by atoms with van der Waals surface area (Å²) in [7, 11) is 1.68. The zero-order chi connectivity index (χ0) is 16.1. The average molecular weight is 373 g/mol. The molecule has 1 aromatic rings. The SMILES string of the molecule is C=C(Br)CNC(=NC)NC1CCN(c2c(F)cccc2F)C1. The van der Waals surface area contributed by atoms with Crippen molar-refractivity contribution in [1.29, 1.82) is 0 Å². The van der Waals surface area contributed by atoms with Crippen molar-refractivity contribution in [3.63, 3.8) is 0 Å². The minimum Gasteiger partial charge on any atom is -0.365 e. The van der Waals surface area contributed by atoms with E-state index in [1.54, 1.807) is 11.9 Å². The molecule has 2 N–H and O–H groups in total. The summed E-state index contributed by atoms with van der Waals surface area (Å²) in [6.45, 7) is 5.41. The van der Waals surface area contributed by atoms with Crippen molar-refractivity contribution in [3.05, 3.63) is 40.9 Å². The Bertz CT molecular complexity index is 556. The van der Waals surface area contributed by atoms with E-state index < -0.39 is 11.6 Å². The molecule has 0 bridgehead atoms. The first kappa shape index (κ1) is 16.7. The Hall–Kier alpha value is -1.63. The molecule has 4 nitrogen and oxygen atoms in total. The quantitative estimate of drug-likeness (QED) is 0.630. The lowest BCUT2D eigenvalue weighted by atomic mass is 10.2. The molecule has 1 fully saturated rings. The fourth-order valence-electron chi connectivity index (χ4n) is 2.44. The third-order valence-corrected chi connectivity index (χ3v) is 3.73. The van der Waals surface area contributed by atoms with E-state index >= 15 is 0 Å². The van der Waals surface area contributed by atoms with E-state index in [9.17, 15) is 8.78 Å². The van der Waals surface area contributed by atoms with Gasteiger partial charge in [-0.05, 0) is 18.6 Å². The fraction of sp³-hybridized carbons (Fsp3) is 0.400. The minimum absolute atomic E-state index is 0.0450. The van der Waals surface area contributed by atoms with Crippen LogP contribution in [0.5, 0.6) is 0 Å². The first-order valence-electron chi connectivity index (χ1n) is 7.00. The van der Waals surface area contributed by atoms with Gasteiger partial charge < -0.3 is 15.5 Å². The monoisotopic (exact) mass is 372 g/mol. The highest BCUT2D eigenvalue weighted by molar-refractivity contribution is 9.11. The molecule has 0 spiro atoms. The summed E-state index contributed by atoms with van der Waals surface area (Å²) in [5.74, 6) is -0.418. The smallest absolute Gasteiger partial charge is 0.191 e. The van der Waals surface area contributed by atoms with Crippen LogP contribution >= 0.6 is 15.9 Å². The standard InChI is InChI=1S/C15H19BrF2N4/c1-10(16)8-20-15(19-2)21-11-6-7-22(9-11)14-12(17)4-3-5-13(14)18/h3-5,11H,1,6-9H2,2H3,(H2,19,20,21). The Morgan fingerprint density at radius 1 is 1.45 bits per heavy atom. The van der Waals surface area contributed by atoms with Gasteiger partial charge in [0.25, 0.3) is 0 Å². The van der Waals surface area contributed by atoms with Gasteiger partial charge in [0.15, 0.2) is 5.96 Å². The molecule has 0 aromatic heterocycles. The molecule has 22 heavy (non-hydrogen) atoms. The normalized spacial score (nSPS) is 18.5. The van der Waals surface area contributed by atoms with E-state index in [1.165, 1.54) is 18.2 Å². The van der Waals surface area contributed by atoms with Crippen molar-refractivity contribution in [3.8, 4) is 0 Å². The van der Waals surface area contributed by atoms with E-state index in [0.717, 1.165) is 10.9 Å². The number of nitrogens with zero attached hydrogens (tertiary/aromatic N) is 2. The summed E-state index contributed by atoms with van der Waals surface area (Å²) in [6.07, 6.45) is 0.781. The number of aliphatic imine (C=N–C) groups is 1. The van der Waals surface area contributed by atoms with Gasteiger partial charge in [0, 0.05) is 37.2 Å². The Kier molecular flexibility index (Phi) is 5.76. The lowest BCUT2D eigenvalue weighted by Gasteiger charge is -2.21. The third kappa shape index (κ3) is 4.19. The molecule has 0 saturated carbocycles. The summed E-state index contributed by atoms with van der Waals surface area (Å²) < 4.78 is 28.4. The van der Waals surface area contributed by atoms with Gasteiger partial charge in [0.05, 0.1) is 0 Å². The van der Waals surface area contributed by atoms with Crippen LogP contribution in [-0.2, 0) is 0 Å². The number of rotatable bonds is 4. The molecule has 1 unspecified atom stereocenters. The lowest BCUT2D eigenvalue weighted by molar-refractivity contribution is 0.576. The highest BCUT2D eigenvalue weighted by Gasteiger charge is 2.27. The van der Waals surface area contributed by atoms with Gasteiger partial charge in [-0.15, -0.1) is 0 Å². The molecule has 0 aliphatic carbocycles. The number of para-hydroxylation sites is 1. The molecule has 1 saturated heterocycles. The van der Waals surface area contributed by atoms with Crippen molar-refractivity contribution in [2.45, 2.75) is 12.5 Å². The number of hydrogen-bond donors (Lipinski definition) is 2. The topological polar surface area (TPSA) is 39.7 Å². The van der Waals surface area contributed by atoms with Crippen molar-refractivity contribution in [2.75, 3.05) is 31.6 Å². The summed E-state index contributed by atoms with van der Waals surface area (Å²) in [6, 6.07) is 4.01. The number of hydrogen-bond acceptors (Lipinski definition) is 2. The van der Waals surface area contributed by atoms with Crippen LogP contribution in [0.25, 0.3) is 0 Å². The van der Waals surface area contributed by atoms with E-state index in [4.69, 9.17) is 0 Å². The Balaban J connectivity index is 1.96. The van der Waals surface area contributed by atoms with Gasteiger partial charge in [0.2, 0.25) is 0 Å². The molecule has 1 aliphatic heterocycles. The van der Waals surface area contributed by atoms with E-state index in [2.05, 4.69) is 38.1 Å². The summed E-state index contributed by atoms with van der Waals surface area (Å²) in [5.41, 5.74) is 0.0450. The Morgan fingerprint density at radius 3 is 2.73 bits per heavy atom. The van der Waals surface area contributed by atoms with Crippen molar-refractivity contribution in [1.82, 2.24) is 10.6 Å². The van der Waals surface area contributed by atoms with Crippen molar-refractivity contribution < 1.29 is 8.78 Å². The molecule has 0 radical (unpaired) electrons. The Labute approximate surface area is 137 Å². The van der Waals surface area contributed by atoms with Crippen LogP contribution in [0.2, 0.25) is 0 Å². The molecule has 120 valence electrons. The predicted molar refractivity (Wildman–Crippen MR) is 89.5 cm³/mol. The van der Waals surface area contributed by atoms with Gasteiger partial charge in [-0.2, -0.15) is 0 Å². The van der Waals surface area contributed by atoms with Gasteiger partial charge in [-0.25, -0.2) is 8.78 Å². The van der Waals surface area contributed by atoms with Crippen LogP contribution in [0.1, 0.15) is 6.42 Å². The molecule has 1 heterocycles. The highest BCUT2D eigenvalue weighted by Crippen LogP contribution is 2.26. The van der Waals surface area contributed by atoms with Crippen LogP contribution in [0.4, 0.5) is 14.5 Å². The van der Waals surface area contributed by atoms with Crippen LogP contribution < -0.4 is 15.5 Å². The van der Waals surface area contributed by atoms with E-state index in [1.807, 2.05) is 0 Å². The molecule has 1 aliphatic rings. The second kappa shape index (κ2) is 7.58. The van der Waals surface area contributed by atoms with Crippen molar-refractivity contribution >= 4 is 27.6 Å². The second-order valence-corrected chi connectivity index (χ2v) is 6.21. The summed E-state index contributed by atoms with van der Waals surface area (Å²) >= 11 is 3.27. The minimum atomic E-state index is -0.529. The zero-order valence-corrected chi connectivity index (χ0v) is 14.0. The maximum absolute atomic E-state index is 13.8. The van der Waals surface area contributed by atoms with E-state index in [-0.39, 0.29) is 11.7 Å². The Morgan fingerprint density at radius 2 is 2.14 bits per heavy atom.